The van der Waals surface area contributed by atoms with Crippen molar-refractivity contribution in [2.45, 2.75) is 13.3 Å². The van der Waals surface area contributed by atoms with Gasteiger partial charge in [0.15, 0.2) is 0 Å². The van der Waals surface area contributed by atoms with Crippen LogP contribution in [0.5, 0.6) is 0 Å². The minimum absolute atomic E-state index is 0.0734. The summed E-state index contributed by atoms with van der Waals surface area (Å²) >= 11 is 0. The summed E-state index contributed by atoms with van der Waals surface area (Å²) in [5.74, 6) is -0.454. The van der Waals surface area contributed by atoms with Crippen LogP contribution < -0.4 is 10.5 Å². The molecule has 106 valence electrons. The van der Waals surface area contributed by atoms with Crippen molar-refractivity contribution in [3.8, 4) is 0 Å². The Kier molecular flexibility index (Phi) is 3.79. The minimum Gasteiger partial charge on any atom is -0.469 e. The number of methoxy groups -OCH3 is 1. The van der Waals surface area contributed by atoms with E-state index in [-0.39, 0.29) is 6.42 Å². The van der Waals surface area contributed by atoms with Crippen LogP contribution in [0, 0.1) is 6.92 Å². The minimum atomic E-state index is -0.490. The zero-order valence-electron chi connectivity index (χ0n) is 12.0. The molecule has 0 radical (unpaired) electrons. The number of aryl methyl sites for hydroxylation is 1. The Morgan fingerprint density at radius 3 is 2.65 bits per heavy atom. The molecule has 5 nitrogen and oxygen atoms in total. The van der Waals surface area contributed by atoms with Crippen molar-refractivity contribution in [2.75, 3.05) is 26.1 Å². The van der Waals surface area contributed by atoms with E-state index in [1.807, 2.05) is 44.1 Å². The van der Waals surface area contributed by atoms with E-state index in [1.54, 1.807) is 0 Å². The van der Waals surface area contributed by atoms with E-state index in [2.05, 4.69) is 4.74 Å². The topological polar surface area (TPSA) is 59.8 Å². The predicted octanol–water partition coefficient (Wildman–Crippen LogP) is 1.88. The SMILES string of the molecule is COC(=O)Cc1c(C)c2ccc(N(C)C)cc2oc1=O. The van der Waals surface area contributed by atoms with Crippen molar-refractivity contribution in [3.63, 3.8) is 0 Å². The smallest absolute Gasteiger partial charge is 0.340 e. The number of fused-ring (bicyclic) bond motifs is 1. The van der Waals surface area contributed by atoms with E-state index < -0.39 is 11.6 Å². The Hall–Kier alpha value is -2.30. The van der Waals surface area contributed by atoms with Gasteiger partial charge >= 0.3 is 11.6 Å². The van der Waals surface area contributed by atoms with E-state index in [0.717, 1.165) is 16.6 Å². The van der Waals surface area contributed by atoms with Crippen molar-refractivity contribution in [1.82, 2.24) is 0 Å². The lowest BCUT2D eigenvalue weighted by Gasteiger charge is -2.13. The highest BCUT2D eigenvalue weighted by Crippen LogP contribution is 2.24. The molecule has 1 aromatic carbocycles. The summed E-state index contributed by atoms with van der Waals surface area (Å²) in [6.07, 6.45) is -0.0734. The van der Waals surface area contributed by atoms with Gasteiger partial charge in [0.05, 0.1) is 19.1 Å². The Bertz CT molecular complexity index is 716. The number of rotatable bonds is 3. The molecular weight excluding hydrogens is 258 g/mol. The fourth-order valence-electron chi connectivity index (χ4n) is 2.08. The van der Waals surface area contributed by atoms with Gasteiger partial charge in [-0.15, -0.1) is 0 Å². The molecule has 0 aliphatic carbocycles. The first-order valence-corrected chi connectivity index (χ1v) is 6.24. The maximum atomic E-state index is 12.0. The molecule has 1 aromatic heterocycles. The molecule has 0 fully saturated rings. The molecule has 0 amide bonds. The van der Waals surface area contributed by atoms with Crippen LogP contribution in [-0.2, 0) is 16.0 Å². The number of nitrogens with zero attached hydrogens (tertiary/aromatic N) is 1. The molecule has 0 aliphatic heterocycles. The number of hydrogen-bond acceptors (Lipinski definition) is 5. The quantitative estimate of drug-likeness (QED) is 0.632. The highest BCUT2D eigenvalue weighted by atomic mass is 16.5. The third kappa shape index (κ3) is 2.52. The lowest BCUT2D eigenvalue weighted by Crippen LogP contribution is -2.16. The van der Waals surface area contributed by atoms with Gasteiger partial charge in [0.2, 0.25) is 0 Å². The Morgan fingerprint density at radius 2 is 2.05 bits per heavy atom. The van der Waals surface area contributed by atoms with E-state index in [0.29, 0.717) is 11.1 Å². The van der Waals surface area contributed by atoms with Crippen molar-refractivity contribution >= 4 is 22.6 Å². The zero-order valence-corrected chi connectivity index (χ0v) is 12.0. The van der Waals surface area contributed by atoms with Crippen molar-refractivity contribution in [2.24, 2.45) is 0 Å². The molecule has 0 saturated heterocycles. The molecule has 0 saturated carbocycles. The van der Waals surface area contributed by atoms with Crippen LogP contribution in [0.3, 0.4) is 0 Å². The van der Waals surface area contributed by atoms with Crippen LogP contribution in [-0.4, -0.2) is 27.2 Å². The van der Waals surface area contributed by atoms with Crippen LogP contribution in [0.4, 0.5) is 5.69 Å². The molecule has 0 atom stereocenters. The first-order chi connectivity index (χ1) is 9.43. The Morgan fingerprint density at radius 1 is 1.35 bits per heavy atom. The van der Waals surface area contributed by atoms with Crippen LogP contribution in [0.2, 0.25) is 0 Å². The second-order valence-electron chi connectivity index (χ2n) is 4.82. The van der Waals surface area contributed by atoms with Crippen molar-refractivity contribution in [1.29, 1.82) is 0 Å². The van der Waals surface area contributed by atoms with Gasteiger partial charge in [0, 0.05) is 31.2 Å². The monoisotopic (exact) mass is 275 g/mol. The second kappa shape index (κ2) is 5.36. The van der Waals surface area contributed by atoms with Crippen molar-refractivity contribution in [3.05, 3.63) is 39.7 Å². The molecule has 0 N–H and O–H groups in total. The molecule has 1 heterocycles. The molecule has 0 aliphatic rings. The maximum absolute atomic E-state index is 12.0. The molecule has 20 heavy (non-hydrogen) atoms. The fourth-order valence-corrected chi connectivity index (χ4v) is 2.08. The van der Waals surface area contributed by atoms with Gasteiger partial charge in [-0.1, -0.05) is 0 Å². The molecule has 2 rings (SSSR count). The summed E-state index contributed by atoms with van der Waals surface area (Å²) in [5.41, 5.74) is 2.08. The maximum Gasteiger partial charge on any atom is 0.340 e. The van der Waals surface area contributed by atoms with Gasteiger partial charge in [-0.25, -0.2) is 4.79 Å². The first kappa shape index (κ1) is 14.1. The second-order valence-corrected chi connectivity index (χ2v) is 4.82. The summed E-state index contributed by atoms with van der Waals surface area (Å²) in [7, 11) is 5.12. The third-order valence-corrected chi connectivity index (χ3v) is 3.34. The third-order valence-electron chi connectivity index (χ3n) is 3.34. The van der Waals surface area contributed by atoms with Gasteiger partial charge in [-0.2, -0.15) is 0 Å². The number of hydrogen-bond donors (Lipinski definition) is 0. The van der Waals surface area contributed by atoms with E-state index >= 15 is 0 Å². The molecule has 0 bridgehead atoms. The van der Waals surface area contributed by atoms with Crippen LogP contribution in [0.25, 0.3) is 11.0 Å². The summed E-state index contributed by atoms with van der Waals surface area (Å²) in [6, 6.07) is 5.65. The number of ether oxygens (including phenoxy) is 1. The van der Waals surface area contributed by atoms with Crippen LogP contribution in [0.1, 0.15) is 11.1 Å². The Balaban J connectivity index is 2.62. The summed E-state index contributed by atoms with van der Waals surface area (Å²) < 4.78 is 9.92. The zero-order chi connectivity index (χ0) is 14.9. The average Bonchev–Trinajstić information content (AvgIpc) is 2.42. The van der Waals surface area contributed by atoms with E-state index in [9.17, 15) is 9.59 Å². The molecule has 5 heteroatoms. The highest BCUT2D eigenvalue weighted by molar-refractivity contribution is 5.85. The normalized spacial score (nSPS) is 10.6. The number of carbonyl (C=O) groups excluding carboxylic acids is 1. The van der Waals surface area contributed by atoms with Gasteiger partial charge in [0.1, 0.15) is 5.58 Å². The number of anilines is 1. The number of esters is 1. The van der Waals surface area contributed by atoms with Crippen LogP contribution in [0.15, 0.2) is 27.4 Å². The molecule has 2 aromatic rings. The predicted molar refractivity (Wildman–Crippen MR) is 77.3 cm³/mol. The number of benzene rings is 1. The van der Waals surface area contributed by atoms with Crippen molar-refractivity contribution < 1.29 is 13.9 Å². The van der Waals surface area contributed by atoms with Gasteiger partial charge in [0.25, 0.3) is 0 Å². The molecular formula is C15H17NO4. The standard InChI is InChI=1S/C15H17NO4/c1-9-11-6-5-10(16(2)3)7-13(11)20-15(18)12(9)8-14(17)19-4/h5-7H,8H2,1-4H3. The average molecular weight is 275 g/mol. The van der Waals surface area contributed by atoms with Gasteiger partial charge in [-0.05, 0) is 24.6 Å². The van der Waals surface area contributed by atoms with E-state index in [4.69, 9.17) is 4.42 Å². The fraction of sp³-hybridized carbons (Fsp3) is 0.333. The van der Waals surface area contributed by atoms with Gasteiger partial charge < -0.3 is 14.1 Å². The summed E-state index contributed by atoms with van der Waals surface area (Å²) in [4.78, 5) is 25.3. The van der Waals surface area contributed by atoms with Gasteiger partial charge in [-0.3, -0.25) is 4.79 Å². The van der Waals surface area contributed by atoms with Crippen LogP contribution >= 0.6 is 0 Å². The largest absolute Gasteiger partial charge is 0.469 e. The first-order valence-electron chi connectivity index (χ1n) is 6.24. The highest BCUT2D eigenvalue weighted by Gasteiger charge is 2.15. The Labute approximate surface area is 116 Å². The lowest BCUT2D eigenvalue weighted by atomic mass is 10.0. The number of carbonyl (C=O) groups is 1. The summed E-state index contributed by atoms with van der Waals surface area (Å²) in [6.45, 7) is 1.81. The summed E-state index contributed by atoms with van der Waals surface area (Å²) in [5, 5.41) is 0.828. The molecule has 0 unspecified atom stereocenters. The van der Waals surface area contributed by atoms with E-state index in [1.165, 1.54) is 7.11 Å². The lowest BCUT2D eigenvalue weighted by molar-refractivity contribution is -0.139. The molecule has 0 spiro atoms.